The van der Waals surface area contributed by atoms with Crippen LogP contribution in [0.2, 0.25) is 0 Å². The second-order valence-electron chi connectivity index (χ2n) is 7.44. The summed E-state index contributed by atoms with van der Waals surface area (Å²) in [6, 6.07) is 9.02. The van der Waals surface area contributed by atoms with Gasteiger partial charge in [0.15, 0.2) is 11.6 Å². The number of ether oxygens (including phenoxy) is 2. The first-order chi connectivity index (χ1) is 13.5. The van der Waals surface area contributed by atoms with Crippen LogP contribution in [0.4, 0.5) is 13.6 Å². The number of nitrogens with zero attached hydrogens (tertiary/aromatic N) is 1. The lowest BCUT2D eigenvalue weighted by Gasteiger charge is -2.26. The quantitative estimate of drug-likeness (QED) is 0.597. The van der Waals surface area contributed by atoms with Crippen molar-refractivity contribution < 1.29 is 33.0 Å². The Bertz CT molecular complexity index is 878. The number of aliphatic hydroxyl groups excluding tert-OH is 1. The highest BCUT2D eigenvalue weighted by molar-refractivity contribution is 5.91. The number of aliphatic hydroxyl groups is 1. The summed E-state index contributed by atoms with van der Waals surface area (Å²) in [5, 5.41) is 10.3. The van der Waals surface area contributed by atoms with Crippen molar-refractivity contribution in [2.45, 2.75) is 32.5 Å². The minimum Gasteiger partial charge on any atom is -0.444 e. The van der Waals surface area contributed by atoms with E-state index < -0.39 is 41.0 Å². The molecule has 0 spiro atoms. The molecular formula is C21H23F2NO5. The van der Waals surface area contributed by atoms with Crippen LogP contribution in [0, 0.1) is 11.6 Å². The molecule has 2 aromatic carbocycles. The fraction of sp³-hybridized carbons (Fsp3) is 0.333. The van der Waals surface area contributed by atoms with Gasteiger partial charge in [0.1, 0.15) is 11.4 Å². The van der Waals surface area contributed by atoms with Crippen LogP contribution >= 0.6 is 0 Å². The Balaban J connectivity index is 1.99. The van der Waals surface area contributed by atoms with E-state index in [1.165, 1.54) is 42.3 Å². The molecule has 0 bridgehead atoms. The molecule has 8 heteroatoms. The smallest absolute Gasteiger partial charge is 0.410 e. The molecule has 1 amide bonds. The first-order valence-electron chi connectivity index (χ1n) is 8.86. The maximum absolute atomic E-state index is 13.7. The molecule has 1 atom stereocenters. The number of halogens is 2. The van der Waals surface area contributed by atoms with Crippen molar-refractivity contribution in [3.8, 4) is 5.75 Å². The van der Waals surface area contributed by atoms with E-state index in [0.717, 1.165) is 12.1 Å². The highest BCUT2D eigenvalue weighted by Gasteiger charge is 2.22. The van der Waals surface area contributed by atoms with Crippen molar-refractivity contribution in [3.63, 3.8) is 0 Å². The van der Waals surface area contributed by atoms with Crippen molar-refractivity contribution in [3.05, 3.63) is 65.2 Å². The molecule has 0 fully saturated rings. The first-order valence-corrected chi connectivity index (χ1v) is 8.86. The Hall–Kier alpha value is -3.00. The van der Waals surface area contributed by atoms with Crippen LogP contribution < -0.4 is 4.74 Å². The Morgan fingerprint density at radius 2 is 1.72 bits per heavy atom. The van der Waals surface area contributed by atoms with Crippen LogP contribution in [-0.4, -0.2) is 41.3 Å². The van der Waals surface area contributed by atoms with Gasteiger partial charge >= 0.3 is 12.1 Å². The standard InChI is InChI=1S/C21H23F2NO5/c1-21(2,3)29-20(27)24(4)12-17(25)13-8-10-14(11-9-13)28-19(26)15-6-5-7-16(22)18(15)23/h5-11,17,25H,12H2,1-4H3. The molecule has 2 rings (SSSR count). The van der Waals surface area contributed by atoms with E-state index in [4.69, 9.17) is 9.47 Å². The number of hydrogen-bond acceptors (Lipinski definition) is 5. The molecule has 0 heterocycles. The van der Waals surface area contributed by atoms with Crippen molar-refractivity contribution >= 4 is 12.1 Å². The largest absolute Gasteiger partial charge is 0.444 e. The van der Waals surface area contributed by atoms with Crippen molar-refractivity contribution in [2.24, 2.45) is 0 Å². The third-order valence-electron chi connectivity index (χ3n) is 3.80. The maximum Gasteiger partial charge on any atom is 0.410 e. The van der Waals surface area contributed by atoms with Gasteiger partial charge in [0.2, 0.25) is 0 Å². The summed E-state index contributed by atoms with van der Waals surface area (Å²) in [6.07, 6.45) is -1.57. The summed E-state index contributed by atoms with van der Waals surface area (Å²) < 4.78 is 37.1. The monoisotopic (exact) mass is 407 g/mol. The van der Waals surface area contributed by atoms with Crippen molar-refractivity contribution in [1.82, 2.24) is 4.90 Å². The second kappa shape index (κ2) is 9.00. The van der Waals surface area contributed by atoms with Crippen LogP contribution in [0.5, 0.6) is 5.75 Å². The molecule has 156 valence electrons. The number of rotatable bonds is 5. The molecule has 1 unspecified atom stereocenters. The van der Waals surface area contributed by atoms with E-state index in [9.17, 15) is 23.5 Å². The van der Waals surface area contributed by atoms with E-state index in [2.05, 4.69) is 0 Å². The number of carbonyl (C=O) groups is 2. The summed E-state index contributed by atoms with van der Waals surface area (Å²) in [7, 11) is 1.50. The predicted octanol–water partition coefficient (Wildman–Crippen LogP) is 4.08. The molecule has 0 saturated heterocycles. The minimum absolute atomic E-state index is 0.0114. The number of esters is 1. The maximum atomic E-state index is 13.7. The third kappa shape index (κ3) is 6.25. The van der Waals surface area contributed by atoms with Crippen LogP contribution in [0.3, 0.4) is 0 Å². The SMILES string of the molecule is CN(CC(O)c1ccc(OC(=O)c2cccc(F)c2F)cc1)C(=O)OC(C)(C)C. The zero-order valence-electron chi connectivity index (χ0n) is 16.6. The van der Waals surface area contributed by atoms with Gasteiger partial charge in [-0.25, -0.2) is 18.4 Å². The van der Waals surface area contributed by atoms with Gasteiger partial charge in [0.25, 0.3) is 0 Å². The molecule has 2 aromatic rings. The molecule has 0 aliphatic heterocycles. The molecule has 0 radical (unpaired) electrons. The van der Waals surface area contributed by atoms with Crippen LogP contribution in [0.25, 0.3) is 0 Å². The van der Waals surface area contributed by atoms with E-state index in [1.807, 2.05) is 0 Å². The van der Waals surface area contributed by atoms with Gasteiger partial charge in [-0.05, 0) is 50.6 Å². The Morgan fingerprint density at radius 3 is 2.31 bits per heavy atom. The van der Waals surface area contributed by atoms with Gasteiger partial charge in [0, 0.05) is 7.05 Å². The zero-order chi connectivity index (χ0) is 21.8. The molecular weight excluding hydrogens is 384 g/mol. The molecule has 0 aliphatic carbocycles. The number of carbonyl (C=O) groups excluding carboxylic acids is 2. The van der Waals surface area contributed by atoms with Gasteiger partial charge in [-0.15, -0.1) is 0 Å². The topological polar surface area (TPSA) is 76.1 Å². The second-order valence-corrected chi connectivity index (χ2v) is 7.44. The normalized spacial score (nSPS) is 12.2. The fourth-order valence-corrected chi connectivity index (χ4v) is 2.36. The molecule has 1 N–H and O–H groups in total. The molecule has 6 nitrogen and oxygen atoms in total. The van der Waals surface area contributed by atoms with Crippen LogP contribution in [0.15, 0.2) is 42.5 Å². The molecule has 29 heavy (non-hydrogen) atoms. The van der Waals surface area contributed by atoms with E-state index in [0.29, 0.717) is 5.56 Å². The van der Waals surface area contributed by atoms with Crippen LogP contribution in [-0.2, 0) is 4.74 Å². The highest BCUT2D eigenvalue weighted by Crippen LogP contribution is 2.21. The van der Waals surface area contributed by atoms with Gasteiger partial charge in [-0.1, -0.05) is 18.2 Å². The van der Waals surface area contributed by atoms with Gasteiger partial charge < -0.3 is 19.5 Å². The predicted molar refractivity (Wildman–Crippen MR) is 102 cm³/mol. The summed E-state index contributed by atoms with van der Waals surface area (Å²) >= 11 is 0. The molecule has 0 saturated carbocycles. The lowest BCUT2D eigenvalue weighted by atomic mass is 10.1. The Morgan fingerprint density at radius 1 is 1.10 bits per heavy atom. The van der Waals surface area contributed by atoms with Gasteiger partial charge in [-0.2, -0.15) is 0 Å². The molecule has 0 aliphatic rings. The lowest BCUT2D eigenvalue weighted by molar-refractivity contribution is 0.0205. The number of likely N-dealkylation sites (N-methyl/N-ethyl adjacent to an activating group) is 1. The van der Waals surface area contributed by atoms with E-state index in [-0.39, 0.29) is 12.3 Å². The van der Waals surface area contributed by atoms with Crippen molar-refractivity contribution in [1.29, 1.82) is 0 Å². The number of hydrogen-bond donors (Lipinski definition) is 1. The first kappa shape index (κ1) is 22.3. The van der Waals surface area contributed by atoms with Crippen LogP contribution in [0.1, 0.15) is 42.8 Å². The minimum atomic E-state index is -1.28. The van der Waals surface area contributed by atoms with Gasteiger partial charge in [0.05, 0.1) is 18.2 Å². The summed E-state index contributed by atoms with van der Waals surface area (Å²) in [5.41, 5.74) is -0.701. The van der Waals surface area contributed by atoms with Gasteiger partial charge in [-0.3, -0.25) is 0 Å². The zero-order valence-corrected chi connectivity index (χ0v) is 16.6. The van der Waals surface area contributed by atoms with E-state index >= 15 is 0 Å². The fourth-order valence-electron chi connectivity index (χ4n) is 2.36. The molecule has 0 aromatic heterocycles. The average Bonchev–Trinajstić information content (AvgIpc) is 2.63. The highest BCUT2D eigenvalue weighted by atomic mass is 19.2. The third-order valence-corrected chi connectivity index (χ3v) is 3.80. The summed E-state index contributed by atoms with van der Waals surface area (Å²) in [5.74, 6) is -3.38. The summed E-state index contributed by atoms with van der Waals surface area (Å²) in [4.78, 5) is 25.2. The number of amides is 1. The van der Waals surface area contributed by atoms with E-state index in [1.54, 1.807) is 20.8 Å². The average molecular weight is 407 g/mol. The Labute approximate surface area is 167 Å². The van der Waals surface area contributed by atoms with Crippen molar-refractivity contribution in [2.75, 3.05) is 13.6 Å². The number of benzene rings is 2. The Kier molecular flexibility index (Phi) is 6.92. The summed E-state index contributed by atoms with van der Waals surface area (Å²) in [6.45, 7) is 5.21. The lowest BCUT2D eigenvalue weighted by Crippen LogP contribution is -2.36.